The highest BCUT2D eigenvalue weighted by Crippen LogP contribution is 2.32. The third-order valence-corrected chi connectivity index (χ3v) is 5.32. The predicted octanol–water partition coefficient (Wildman–Crippen LogP) is 1.31. The van der Waals surface area contributed by atoms with E-state index in [-0.39, 0.29) is 5.92 Å². The Bertz CT molecular complexity index is 771. The normalized spacial score (nSPS) is 20.2. The van der Waals surface area contributed by atoms with Crippen molar-refractivity contribution in [3.63, 3.8) is 0 Å². The molecule has 3 rings (SSSR count). The van der Waals surface area contributed by atoms with Gasteiger partial charge in [-0.15, -0.1) is 0 Å². The first-order chi connectivity index (χ1) is 10.5. The number of aryl methyl sites for hydroxylation is 1. The lowest BCUT2D eigenvalue weighted by Crippen LogP contribution is -2.38. The first-order valence-electron chi connectivity index (χ1n) is 7.23. The largest absolute Gasteiger partial charge is 0.282 e. The van der Waals surface area contributed by atoms with Crippen LogP contribution in [0.2, 0.25) is 0 Å². The van der Waals surface area contributed by atoms with Crippen LogP contribution >= 0.6 is 0 Å². The molecule has 0 aliphatic carbocycles. The summed E-state index contributed by atoms with van der Waals surface area (Å²) in [4.78, 5) is 8.94. The van der Waals surface area contributed by atoms with Crippen LogP contribution in [-0.4, -0.2) is 52.2 Å². The number of hydrogen-bond acceptors (Lipinski definition) is 5. The lowest BCUT2D eigenvalue weighted by atomic mass is 9.92. The molecule has 22 heavy (non-hydrogen) atoms. The summed E-state index contributed by atoms with van der Waals surface area (Å²) in [6, 6.07) is 0. The van der Waals surface area contributed by atoms with Crippen LogP contribution in [0.1, 0.15) is 30.1 Å². The molecule has 3 heterocycles. The average Bonchev–Trinajstić information content (AvgIpc) is 2.92. The summed E-state index contributed by atoms with van der Waals surface area (Å²) in [6.45, 7) is 2.97. The summed E-state index contributed by atoms with van der Waals surface area (Å²) in [6.07, 6.45) is 8.05. The van der Waals surface area contributed by atoms with E-state index in [0.29, 0.717) is 13.1 Å². The lowest BCUT2D eigenvalue weighted by molar-refractivity contribution is 0.314. The van der Waals surface area contributed by atoms with Crippen LogP contribution in [0.3, 0.4) is 0 Å². The summed E-state index contributed by atoms with van der Waals surface area (Å²) < 4.78 is 25.1. The van der Waals surface area contributed by atoms with Crippen molar-refractivity contribution in [3.8, 4) is 11.3 Å². The van der Waals surface area contributed by atoms with Gasteiger partial charge in [-0.1, -0.05) is 0 Å². The minimum absolute atomic E-state index is 0.0569. The number of aromatic nitrogens is 4. The van der Waals surface area contributed by atoms with Crippen molar-refractivity contribution in [2.75, 3.05) is 19.3 Å². The number of H-pyrrole nitrogens is 1. The Morgan fingerprint density at radius 3 is 2.77 bits per heavy atom. The lowest BCUT2D eigenvalue weighted by Gasteiger charge is -2.31. The van der Waals surface area contributed by atoms with Gasteiger partial charge in [0.15, 0.2) is 0 Å². The molecule has 2 aromatic heterocycles. The molecule has 0 saturated carbocycles. The van der Waals surface area contributed by atoms with E-state index in [9.17, 15) is 8.42 Å². The fraction of sp³-hybridized carbons (Fsp3) is 0.500. The standard InChI is InChI=1S/C14H19N5O2S/c1-10-12(8-17-18-10)14-13(15-5-6-16-14)11-4-3-7-19(9-11)22(2,20)21/h5-6,8,11H,3-4,7,9H2,1-2H3,(H,17,18)/t11-/m1/s1. The molecule has 7 nitrogen and oxygen atoms in total. The van der Waals surface area contributed by atoms with Crippen LogP contribution in [0.25, 0.3) is 11.3 Å². The minimum atomic E-state index is -3.17. The Kier molecular flexibility index (Phi) is 3.96. The molecular formula is C14H19N5O2S. The Morgan fingerprint density at radius 2 is 2.09 bits per heavy atom. The predicted molar refractivity (Wildman–Crippen MR) is 82.7 cm³/mol. The van der Waals surface area contributed by atoms with Gasteiger partial charge < -0.3 is 0 Å². The molecule has 0 spiro atoms. The van der Waals surface area contributed by atoms with Gasteiger partial charge in [0.1, 0.15) is 0 Å². The van der Waals surface area contributed by atoms with E-state index in [1.165, 1.54) is 10.6 Å². The molecule has 1 atom stereocenters. The molecule has 1 N–H and O–H groups in total. The summed E-state index contributed by atoms with van der Waals surface area (Å²) in [5.41, 5.74) is 3.48. The molecule has 2 aromatic rings. The second-order valence-electron chi connectivity index (χ2n) is 5.66. The average molecular weight is 321 g/mol. The van der Waals surface area contributed by atoms with Gasteiger partial charge >= 0.3 is 0 Å². The van der Waals surface area contributed by atoms with Gasteiger partial charge in [-0.05, 0) is 19.8 Å². The molecule has 1 aliphatic rings. The van der Waals surface area contributed by atoms with Crippen LogP contribution < -0.4 is 0 Å². The number of hydrogen-bond donors (Lipinski definition) is 1. The van der Waals surface area contributed by atoms with E-state index in [4.69, 9.17) is 0 Å². The van der Waals surface area contributed by atoms with Gasteiger partial charge in [0.25, 0.3) is 0 Å². The molecule has 1 aliphatic heterocycles. The number of aromatic amines is 1. The fourth-order valence-electron chi connectivity index (χ4n) is 2.91. The van der Waals surface area contributed by atoms with Gasteiger partial charge in [0.2, 0.25) is 10.0 Å². The van der Waals surface area contributed by atoms with E-state index in [2.05, 4.69) is 20.2 Å². The molecule has 0 bridgehead atoms. The second kappa shape index (κ2) is 5.77. The monoisotopic (exact) mass is 321 g/mol. The van der Waals surface area contributed by atoms with E-state index in [1.54, 1.807) is 18.6 Å². The van der Waals surface area contributed by atoms with E-state index in [1.807, 2.05) is 6.92 Å². The maximum Gasteiger partial charge on any atom is 0.211 e. The van der Waals surface area contributed by atoms with Crippen LogP contribution in [-0.2, 0) is 10.0 Å². The van der Waals surface area contributed by atoms with Gasteiger partial charge in [-0.2, -0.15) is 5.10 Å². The highest BCUT2D eigenvalue weighted by molar-refractivity contribution is 7.88. The fourth-order valence-corrected chi connectivity index (χ4v) is 3.82. The van der Waals surface area contributed by atoms with Crippen molar-refractivity contribution in [3.05, 3.63) is 30.0 Å². The zero-order chi connectivity index (χ0) is 15.7. The molecule has 1 saturated heterocycles. The van der Waals surface area contributed by atoms with Crippen LogP contribution in [0.5, 0.6) is 0 Å². The van der Waals surface area contributed by atoms with Gasteiger partial charge in [-0.3, -0.25) is 15.1 Å². The van der Waals surface area contributed by atoms with Crippen molar-refractivity contribution in [1.29, 1.82) is 0 Å². The van der Waals surface area contributed by atoms with Crippen LogP contribution in [0, 0.1) is 6.92 Å². The highest BCUT2D eigenvalue weighted by Gasteiger charge is 2.29. The van der Waals surface area contributed by atoms with Crippen molar-refractivity contribution in [2.45, 2.75) is 25.7 Å². The number of nitrogens with one attached hydrogen (secondary N) is 1. The van der Waals surface area contributed by atoms with Crippen molar-refractivity contribution in [2.24, 2.45) is 0 Å². The highest BCUT2D eigenvalue weighted by atomic mass is 32.2. The van der Waals surface area contributed by atoms with Gasteiger partial charge in [0, 0.05) is 42.7 Å². The molecule has 0 aromatic carbocycles. The number of sulfonamides is 1. The summed E-state index contributed by atoms with van der Waals surface area (Å²) in [5, 5.41) is 6.95. The van der Waals surface area contributed by atoms with E-state index >= 15 is 0 Å². The van der Waals surface area contributed by atoms with E-state index < -0.39 is 10.0 Å². The van der Waals surface area contributed by atoms with Gasteiger partial charge in [0.05, 0.1) is 23.8 Å². The number of rotatable bonds is 3. The summed E-state index contributed by atoms with van der Waals surface area (Å²) >= 11 is 0. The third kappa shape index (κ3) is 2.89. The Balaban J connectivity index is 1.97. The van der Waals surface area contributed by atoms with Crippen molar-refractivity contribution < 1.29 is 8.42 Å². The Labute approximate surface area is 129 Å². The second-order valence-corrected chi connectivity index (χ2v) is 7.64. The Morgan fingerprint density at radius 1 is 1.32 bits per heavy atom. The topological polar surface area (TPSA) is 91.8 Å². The van der Waals surface area contributed by atoms with Crippen LogP contribution in [0.15, 0.2) is 18.6 Å². The minimum Gasteiger partial charge on any atom is -0.282 e. The third-order valence-electron chi connectivity index (χ3n) is 4.05. The van der Waals surface area contributed by atoms with Crippen molar-refractivity contribution >= 4 is 10.0 Å². The first kappa shape index (κ1) is 15.1. The molecular weight excluding hydrogens is 302 g/mol. The zero-order valence-electron chi connectivity index (χ0n) is 12.7. The maximum atomic E-state index is 11.8. The molecule has 118 valence electrons. The van der Waals surface area contributed by atoms with E-state index in [0.717, 1.165) is 35.5 Å². The Hall–Kier alpha value is -1.80. The molecule has 0 amide bonds. The quantitative estimate of drug-likeness (QED) is 0.920. The van der Waals surface area contributed by atoms with Gasteiger partial charge in [-0.25, -0.2) is 12.7 Å². The number of piperidine rings is 1. The molecule has 1 fully saturated rings. The van der Waals surface area contributed by atoms with Crippen LogP contribution in [0.4, 0.5) is 0 Å². The molecule has 0 unspecified atom stereocenters. The maximum absolute atomic E-state index is 11.8. The van der Waals surface area contributed by atoms with Crippen molar-refractivity contribution in [1.82, 2.24) is 24.5 Å². The molecule has 0 radical (unpaired) electrons. The first-order valence-corrected chi connectivity index (χ1v) is 9.08. The number of nitrogens with zero attached hydrogens (tertiary/aromatic N) is 4. The zero-order valence-corrected chi connectivity index (χ0v) is 13.5. The smallest absolute Gasteiger partial charge is 0.211 e. The molecule has 8 heteroatoms. The summed E-state index contributed by atoms with van der Waals surface area (Å²) in [7, 11) is -3.17. The SMILES string of the molecule is Cc1[nH]ncc1-c1nccnc1[C@@H]1CCCN(S(C)(=O)=O)C1. The summed E-state index contributed by atoms with van der Waals surface area (Å²) in [5.74, 6) is 0.0569.